The van der Waals surface area contributed by atoms with Crippen LogP contribution in [0.3, 0.4) is 0 Å². The topological polar surface area (TPSA) is 115 Å². The van der Waals surface area contributed by atoms with Crippen LogP contribution in [0.2, 0.25) is 0 Å². The van der Waals surface area contributed by atoms with Crippen LogP contribution in [0, 0.1) is 5.92 Å². The zero-order valence-corrected chi connectivity index (χ0v) is 11.3. The van der Waals surface area contributed by atoms with Crippen molar-refractivity contribution in [2.24, 2.45) is 11.7 Å². The maximum absolute atomic E-state index is 12.1. The van der Waals surface area contributed by atoms with E-state index >= 15 is 0 Å². The van der Waals surface area contributed by atoms with Gasteiger partial charge in [0, 0.05) is 18.5 Å². The van der Waals surface area contributed by atoms with Gasteiger partial charge >= 0.3 is 0 Å². The van der Waals surface area contributed by atoms with Crippen LogP contribution in [0.4, 0.5) is 5.82 Å². The fourth-order valence-electron chi connectivity index (χ4n) is 2.60. The smallest absolute Gasteiger partial charge is 0.235 e. The molecule has 1 aliphatic rings. The molecule has 0 spiro atoms. The van der Waals surface area contributed by atoms with E-state index in [0.29, 0.717) is 25.3 Å². The minimum atomic E-state index is -0.696. The van der Waals surface area contributed by atoms with Gasteiger partial charge in [-0.25, -0.2) is 9.97 Å². The van der Waals surface area contributed by atoms with Gasteiger partial charge in [-0.15, -0.1) is 0 Å². The number of hydrogen-bond acceptors (Lipinski definition) is 5. The molecule has 2 aromatic rings. The number of amides is 2. The number of hydrogen-bond donors (Lipinski definition) is 2. The molecule has 7 nitrogen and oxygen atoms in total. The molecule has 1 atom stereocenters. The number of nitrogens with zero attached hydrogens (tertiary/aromatic N) is 3. The van der Waals surface area contributed by atoms with Gasteiger partial charge in [0.05, 0.1) is 5.52 Å². The van der Waals surface area contributed by atoms with Crippen LogP contribution in [0.15, 0.2) is 24.5 Å². The van der Waals surface area contributed by atoms with E-state index in [-0.39, 0.29) is 5.91 Å². The van der Waals surface area contributed by atoms with Crippen LogP contribution < -0.4 is 11.5 Å². The minimum Gasteiger partial charge on any atom is -0.383 e. The lowest BCUT2D eigenvalue weighted by Gasteiger charge is -2.16. The van der Waals surface area contributed by atoms with Crippen molar-refractivity contribution in [2.75, 3.05) is 12.3 Å². The van der Waals surface area contributed by atoms with Crippen LogP contribution in [-0.2, 0) is 16.1 Å². The number of carbonyl (C=O) groups is 2. The normalized spacial score (nSPS) is 18.4. The Morgan fingerprint density at radius 3 is 2.90 bits per heavy atom. The molecule has 0 bridgehead atoms. The Hall–Kier alpha value is -2.70. The van der Waals surface area contributed by atoms with E-state index in [1.54, 1.807) is 4.90 Å². The van der Waals surface area contributed by atoms with Crippen LogP contribution in [0.1, 0.15) is 12.0 Å². The Morgan fingerprint density at radius 1 is 1.38 bits per heavy atom. The number of nitrogens with two attached hydrogens (primary N) is 2. The third-order valence-electron chi connectivity index (χ3n) is 3.74. The largest absolute Gasteiger partial charge is 0.383 e. The van der Waals surface area contributed by atoms with E-state index in [1.807, 2.05) is 18.2 Å². The molecule has 1 aliphatic heterocycles. The summed E-state index contributed by atoms with van der Waals surface area (Å²) in [6.45, 7) is 0.956. The molecule has 7 heteroatoms. The monoisotopic (exact) mass is 285 g/mol. The van der Waals surface area contributed by atoms with E-state index in [0.717, 1.165) is 16.5 Å². The first-order chi connectivity index (χ1) is 10.1. The molecule has 1 saturated heterocycles. The van der Waals surface area contributed by atoms with Gasteiger partial charge in [0.25, 0.3) is 0 Å². The van der Waals surface area contributed by atoms with Crippen molar-refractivity contribution in [1.82, 2.24) is 14.9 Å². The maximum atomic E-state index is 12.1. The first-order valence-electron chi connectivity index (χ1n) is 6.63. The average Bonchev–Trinajstić information content (AvgIpc) is 2.81. The summed E-state index contributed by atoms with van der Waals surface area (Å²) in [5.74, 6) is -1.05. The minimum absolute atomic E-state index is 0.208. The van der Waals surface area contributed by atoms with Crippen molar-refractivity contribution in [3.8, 4) is 0 Å². The van der Waals surface area contributed by atoms with Gasteiger partial charge in [-0.2, -0.15) is 0 Å². The van der Waals surface area contributed by atoms with Gasteiger partial charge in [-0.05, 0) is 24.1 Å². The quantitative estimate of drug-likeness (QED) is 0.773. The van der Waals surface area contributed by atoms with Crippen LogP contribution in [0.25, 0.3) is 10.9 Å². The Labute approximate surface area is 120 Å². The van der Waals surface area contributed by atoms with Gasteiger partial charge in [-0.3, -0.25) is 9.59 Å². The number of benzene rings is 1. The Morgan fingerprint density at radius 2 is 2.19 bits per heavy atom. The number of fused-ring (bicyclic) bond motifs is 1. The van der Waals surface area contributed by atoms with E-state index in [4.69, 9.17) is 11.5 Å². The van der Waals surface area contributed by atoms with Crippen molar-refractivity contribution in [3.05, 3.63) is 30.1 Å². The van der Waals surface area contributed by atoms with Gasteiger partial charge < -0.3 is 16.4 Å². The summed E-state index contributed by atoms with van der Waals surface area (Å²) < 4.78 is 0. The first kappa shape index (κ1) is 13.3. The highest BCUT2D eigenvalue weighted by Gasteiger charge is 2.35. The fraction of sp³-hybridized carbons (Fsp3) is 0.286. The lowest BCUT2D eigenvalue weighted by molar-refractivity contribution is -0.136. The first-order valence-corrected chi connectivity index (χ1v) is 6.63. The fourth-order valence-corrected chi connectivity index (χ4v) is 2.60. The lowest BCUT2D eigenvalue weighted by atomic mass is 10.1. The van der Waals surface area contributed by atoms with Crippen molar-refractivity contribution in [1.29, 1.82) is 0 Å². The molecule has 0 radical (unpaired) electrons. The van der Waals surface area contributed by atoms with Gasteiger partial charge in [-0.1, -0.05) is 6.07 Å². The van der Waals surface area contributed by atoms with Gasteiger partial charge in [0.2, 0.25) is 11.8 Å². The predicted molar refractivity (Wildman–Crippen MR) is 76.7 cm³/mol. The van der Waals surface area contributed by atoms with Gasteiger partial charge in [0.1, 0.15) is 18.1 Å². The average molecular weight is 285 g/mol. The Bertz CT molecular complexity index is 730. The molecule has 0 saturated carbocycles. The zero-order valence-electron chi connectivity index (χ0n) is 11.3. The maximum Gasteiger partial charge on any atom is 0.235 e. The number of likely N-dealkylation sites (tertiary alicyclic amines) is 1. The predicted octanol–water partition coefficient (Wildman–Crippen LogP) is 0.0458. The molecule has 2 heterocycles. The summed E-state index contributed by atoms with van der Waals surface area (Å²) in [5, 5.41) is 0.757. The summed E-state index contributed by atoms with van der Waals surface area (Å²) in [4.78, 5) is 33.0. The summed E-state index contributed by atoms with van der Waals surface area (Å²) in [7, 11) is 0. The number of anilines is 1. The van der Waals surface area contributed by atoms with E-state index in [2.05, 4.69) is 9.97 Å². The van der Waals surface area contributed by atoms with Crippen LogP contribution >= 0.6 is 0 Å². The summed E-state index contributed by atoms with van der Waals surface area (Å²) >= 11 is 0. The summed E-state index contributed by atoms with van der Waals surface area (Å²) in [5.41, 5.74) is 12.7. The zero-order chi connectivity index (χ0) is 15.0. The highest BCUT2D eigenvalue weighted by molar-refractivity contribution is 6.00. The second kappa shape index (κ2) is 5.01. The molecule has 3 rings (SSSR count). The highest BCUT2D eigenvalue weighted by atomic mass is 16.2. The Kier molecular flexibility index (Phi) is 3.17. The molecule has 1 aromatic heterocycles. The van der Waals surface area contributed by atoms with E-state index in [9.17, 15) is 9.59 Å². The number of carbonyl (C=O) groups excluding carboxylic acids is 2. The molecule has 108 valence electrons. The summed E-state index contributed by atoms with van der Waals surface area (Å²) in [6.07, 6.45) is 1.89. The number of rotatable bonds is 3. The molecular weight excluding hydrogens is 270 g/mol. The molecule has 1 aromatic carbocycles. The van der Waals surface area contributed by atoms with Crippen LogP contribution in [-0.4, -0.2) is 33.2 Å². The van der Waals surface area contributed by atoms with Crippen molar-refractivity contribution in [2.45, 2.75) is 13.0 Å². The van der Waals surface area contributed by atoms with Crippen molar-refractivity contribution < 1.29 is 9.59 Å². The molecule has 1 fully saturated rings. The number of aromatic nitrogens is 2. The van der Waals surface area contributed by atoms with E-state index in [1.165, 1.54) is 6.33 Å². The molecule has 4 N–H and O–H groups in total. The second-order valence-electron chi connectivity index (χ2n) is 5.11. The summed E-state index contributed by atoms with van der Waals surface area (Å²) in [6, 6.07) is 5.60. The molecule has 21 heavy (non-hydrogen) atoms. The van der Waals surface area contributed by atoms with Crippen molar-refractivity contribution in [3.63, 3.8) is 0 Å². The van der Waals surface area contributed by atoms with Gasteiger partial charge in [0.15, 0.2) is 0 Å². The number of nitrogen functional groups attached to an aromatic ring is 1. The second-order valence-corrected chi connectivity index (χ2v) is 5.11. The third kappa shape index (κ3) is 2.37. The Balaban J connectivity index is 1.84. The molecule has 2 amide bonds. The van der Waals surface area contributed by atoms with E-state index < -0.39 is 11.8 Å². The molecule has 0 aliphatic carbocycles. The van der Waals surface area contributed by atoms with Crippen LogP contribution in [0.5, 0.6) is 0 Å². The third-order valence-corrected chi connectivity index (χ3v) is 3.74. The highest BCUT2D eigenvalue weighted by Crippen LogP contribution is 2.23. The molecule has 0 unspecified atom stereocenters. The standard InChI is InChI=1S/C14H15N5O2/c15-12-10-5-8(1-2-11(10)17-7-18-12)6-19-4-3-9(13(16)20)14(19)21/h1-2,5,7,9H,3-4,6H2,(H2,16,20)(H2,15,17,18)/t9-/m0/s1. The lowest BCUT2D eigenvalue weighted by Crippen LogP contribution is -2.33. The van der Waals surface area contributed by atoms with Crippen molar-refractivity contribution >= 4 is 28.5 Å². The molecular formula is C14H15N5O2. The SMILES string of the molecule is NC(=O)[C@@H]1CCN(Cc2ccc3ncnc(N)c3c2)C1=O. The number of primary amides is 1.